The Morgan fingerprint density at radius 1 is 1.33 bits per heavy atom. The minimum atomic E-state index is -3.98. The van der Waals surface area contributed by atoms with Gasteiger partial charge in [-0.15, -0.1) is 5.92 Å². The number of nitrogens with one attached hydrogen (secondary N) is 2. The number of carbonyl (C=O) groups is 1. The number of hydroxylamine groups is 1. The summed E-state index contributed by atoms with van der Waals surface area (Å²) in [6.45, 7) is 7.40. The van der Waals surface area contributed by atoms with Crippen LogP contribution in [0.15, 0.2) is 29.2 Å². The lowest BCUT2D eigenvalue weighted by Gasteiger charge is -2.32. The highest BCUT2D eigenvalue weighted by Gasteiger charge is 2.38. The third-order valence-corrected chi connectivity index (χ3v) is 6.67. The molecule has 0 spiro atoms. The summed E-state index contributed by atoms with van der Waals surface area (Å²) in [5.74, 6) is 5.86. The zero-order valence-electron chi connectivity index (χ0n) is 15.9. The monoisotopic (exact) mass is 414 g/mol. The van der Waals surface area contributed by atoms with Crippen LogP contribution in [0.25, 0.3) is 0 Å². The van der Waals surface area contributed by atoms with Gasteiger partial charge >= 0.3 is 0 Å². The summed E-state index contributed by atoms with van der Waals surface area (Å²) in [6, 6.07) is 4.65. The average molecular weight is 415 g/mol. The Labute approximate surface area is 165 Å². The molecule has 0 fully saturated rings. The fraction of sp³-hybridized carbons (Fsp3) is 0.500. The quantitative estimate of drug-likeness (QED) is 0.308. The number of benzene rings is 1. The first kappa shape index (κ1) is 23.3. The molecular weight excluding hydrogens is 388 g/mol. The summed E-state index contributed by atoms with van der Waals surface area (Å²) in [5, 5.41) is 9.03. The largest absolute Gasteiger partial charge is 0.481 e. The van der Waals surface area contributed by atoms with E-state index in [0.717, 1.165) is 12.2 Å². The average Bonchev–Trinajstić information content (AvgIpc) is 2.64. The van der Waals surface area contributed by atoms with Crippen LogP contribution in [0.3, 0.4) is 0 Å². The molecule has 0 aliphatic heterocycles. The predicted molar refractivity (Wildman–Crippen MR) is 106 cm³/mol. The van der Waals surface area contributed by atoms with Gasteiger partial charge in [-0.3, -0.25) is 10.0 Å². The molecule has 3 N–H and O–H groups in total. The highest BCUT2D eigenvalue weighted by Crippen LogP contribution is 2.30. The van der Waals surface area contributed by atoms with Crippen molar-refractivity contribution in [1.82, 2.24) is 10.2 Å². The molecule has 0 radical (unpaired) electrons. The van der Waals surface area contributed by atoms with Crippen LogP contribution in [0, 0.1) is 11.8 Å². The summed E-state index contributed by atoms with van der Waals surface area (Å²) < 4.78 is 32.4. The Morgan fingerprint density at radius 2 is 1.96 bits per heavy atom. The van der Waals surface area contributed by atoms with Crippen molar-refractivity contribution in [2.45, 2.75) is 49.8 Å². The number of thioether (sulfide) groups is 1. The SMILES string of the molecule is CC#CCOc1ccc(S(=O)(=O)NC(C(=O)NO)C(C)(C)SCCC)cc1. The van der Waals surface area contributed by atoms with Gasteiger partial charge in [0, 0.05) is 4.75 Å². The van der Waals surface area contributed by atoms with Crippen LogP contribution >= 0.6 is 11.8 Å². The summed E-state index contributed by atoms with van der Waals surface area (Å²) >= 11 is 1.45. The third kappa shape index (κ3) is 7.07. The van der Waals surface area contributed by atoms with E-state index < -0.39 is 26.7 Å². The van der Waals surface area contributed by atoms with Crippen molar-refractivity contribution in [3.8, 4) is 17.6 Å². The second kappa shape index (κ2) is 10.6. The molecule has 1 unspecified atom stereocenters. The van der Waals surface area contributed by atoms with Crippen molar-refractivity contribution >= 4 is 27.7 Å². The zero-order valence-corrected chi connectivity index (χ0v) is 17.5. The molecule has 1 amide bonds. The first-order valence-electron chi connectivity index (χ1n) is 8.40. The van der Waals surface area contributed by atoms with E-state index in [-0.39, 0.29) is 11.5 Å². The maximum absolute atomic E-state index is 12.7. The number of hydrogen-bond acceptors (Lipinski definition) is 6. The molecule has 0 aromatic heterocycles. The van der Waals surface area contributed by atoms with Crippen LogP contribution < -0.4 is 14.9 Å². The van der Waals surface area contributed by atoms with Gasteiger partial charge < -0.3 is 4.74 Å². The lowest BCUT2D eigenvalue weighted by atomic mass is 10.0. The fourth-order valence-corrected chi connectivity index (χ4v) is 4.63. The minimum Gasteiger partial charge on any atom is -0.481 e. The van der Waals surface area contributed by atoms with E-state index in [1.54, 1.807) is 26.3 Å². The Morgan fingerprint density at radius 3 is 2.48 bits per heavy atom. The van der Waals surface area contributed by atoms with Crippen molar-refractivity contribution in [1.29, 1.82) is 0 Å². The van der Waals surface area contributed by atoms with E-state index in [4.69, 9.17) is 9.94 Å². The van der Waals surface area contributed by atoms with E-state index >= 15 is 0 Å². The van der Waals surface area contributed by atoms with E-state index in [9.17, 15) is 13.2 Å². The molecule has 0 bridgehead atoms. The highest BCUT2D eigenvalue weighted by molar-refractivity contribution is 8.00. The van der Waals surface area contributed by atoms with Crippen molar-refractivity contribution in [2.75, 3.05) is 12.4 Å². The van der Waals surface area contributed by atoms with Gasteiger partial charge in [0.1, 0.15) is 18.4 Å². The first-order valence-corrected chi connectivity index (χ1v) is 10.9. The van der Waals surface area contributed by atoms with Crippen LogP contribution in [0.1, 0.15) is 34.1 Å². The topological polar surface area (TPSA) is 105 Å². The number of rotatable bonds is 10. The molecule has 0 aliphatic rings. The Hall–Kier alpha value is -1.73. The summed E-state index contributed by atoms with van der Waals surface area (Å²) in [4.78, 5) is 12.1. The molecule has 1 atom stereocenters. The normalized spacial score (nSPS) is 12.6. The van der Waals surface area contributed by atoms with Crippen LogP contribution in [-0.2, 0) is 14.8 Å². The summed E-state index contributed by atoms with van der Waals surface area (Å²) in [5.41, 5.74) is 1.55. The molecule has 1 rings (SSSR count). The smallest absolute Gasteiger partial charge is 0.262 e. The maximum Gasteiger partial charge on any atom is 0.262 e. The number of hydrogen-bond donors (Lipinski definition) is 3. The van der Waals surface area contributed by atoms with Gasteiger partial charge in [-0.2, -0.15) is 16.5 Å². The first-order chi connectivity index (χ1) is 12.7. The van der Waals surface area contributed by atoms with E-state index in [1.165, 1.54) is 36.0 Å². The van der Waals surface area contributed by atoms with E-state index in [0.29, 0.717) is 5.75 Å². The number of amides is 1. The number of sulfonamides is 1. The van der Waals surface area contributed by atoms with Crippen LogP contribution in [0.4, 0.5) is 0 Å². The molecule has 0 saturated carbocycles. The maximum atomic E-state index is 12.7. The molecule has 0 heterocycles. The predicted octanol–water partition coefficient (Wildman–Crippen LogP) is 2.16. The molecule has 0 saturated heterocycles. The molecule has 7 nitrogen and oxygen atoms in total. The molecule has 27 heavy (non-hydrogen) atoms. The third-order valence-electron chi connectivity index (χ3n) is 3.64. The van der Waals surface area contributed by atoms with Gasteiger partial charge in [-0.25, -0.2) is 13.9 Å². The van der Waals surface area contributed by atoms with Crippen molar-refractivity contribution < 1.29 is 23.2 Å². The summed E-state index contributed by atoms with van der Waals surface area (Å²) in [7, 11) is -3.98. The van der Waals surface area contributed by atoms with Gasteiger partial charge in [0.15, 0.2) is 0 Å². The minimum absolute atomic E-state index is 0.0107. The van der Waals surface area contributed by atoms with Crippen molar-refractivity contribution in [3.63, 3.8) is 0 Å². The second-order valence-electron chi connectivity index (χ2n) is 6.17. The molecule has 150 valence electrons. The van der Waals surface area contributed by atoms with E-state index in [1.807, 2.05) is 6.92 Å². The second-order valence-corrected chi connectivity index (χ2v) is 9.63. The van der Waals surface area contributed by atoms with Crippen LogP contribution in [0.5, 0.6) is 5.75 Å². The number of carbonyl (C=O) groups excluding carboxylic acids is 1. The zero-order chi connectivity index (χ0) is 20.5. The summed E-state index contributed by atoms with van der Waals surface area (Å²) in [6.07, 6.45) is 0.873. The standard InChI is InChI=1S/C18H26N2O5S2/c1-5-7-12-25-14-8-10-15(11-9-14)27(23,24)20-16(17(21)19-22)18(3,4)26-13-6-2/h8-11,16,20,22H,6,12-13H2,1-4H3,(H,19,21). The molecule has 1 aromatic rings. The fourth-order valence-electron chi connectivity index (χ4n) is 2.15. The Balaban J connectivity index is 3.02. The lowest BCUT2D eigenvalue weighted by molar-refractivity contribution is -0.131. The van der Waals surface area contributed by atoms with Crippen LogP contribution in [-0.4, -0.2) is 42.7 Å². The molecule has 1 aromatic carbocycles. The number of ether oxygens (including phenoxy) is 1. The van der Waals surface area contributed by atoms with Crippen molar-refractivity contribution in [2.24, 2.45) is 0 Å². The van der Waals surface area contributed by atoms with Gasteiger partial charge in [0.05, 0.1) is 4.90 Å². The van der Waals surface area contributed by atoms with E-state index in [2.05, 4.69) is 16.6 Å². The lowest BCUT2D eigenvalue weighted by Crippen LogP contribution is -2.55. The van der Waals surface area contributed by atoms with Gasteiger partial charge in [-0.1, -0.05) is 12.8 Å². The molecule has 0 aliphatic carbocycles. The Bertz CT molecular complexity index is 780. The van der Waals surface area contributed by atoms with Crippen LogP contribution in [0.2, 0.25) is 0 Å². The van der Waals surface area contributed by atoms with Gasteiger partial charge in [0.25, 0.3) is 5.91 Å². The molecule has 9 heteroatoms. The van der Waals surface area contributed by atoms with Gasteiger partial charge in [0.2, 0.25) is 10.0 Å². The molecular formula is C18H26N2O5S2. The van der Waals surface area contributed by atoms with Crippen molar-refractivity contribution in [3.05, 3.63) is 24.3 Å². The Kier molecular flexibility index (Phi) is 9.12. The van der Waals surface area contributed by atoms with Gasteiger partial charge in [-0.05, 0) is 57.2 Å². The highest BCUT2D eigenvalue weighted by atomic mass is 32.2.